The number of hydrogen-bond acceptors (Lipinski definition) is 4. The van der Waals surface area contributed by atoms with E-state index in [1.807, 2.05) is 0 Å². The van der Waals surface area contributed by atoms with Gasteiger partial charge in [-0.1, -0.05) is 0 Å². The summed E-state index contributed by atoms with van der Waals surface area (Å²) in [5, 5.41) is 20.7. The molecule has 0 spiro atoms. The van der Waals surface area contributed by atoms with Crippen molar-refractivity contribution in [3.8, 4) is 6.07 Å². The number of aliphatic hydroxyl groups excluding tert-OH is 1. The third-order valence-electron chi connectivity index (χ3n) is 2.61. The van der Waals surface area contributed by atoms with Crippen LogP contribution in [0.2, 0.25) is 0 Å². The van der Waals surface area contributed by atoms with Gasteiger partial charge in [0.2, 0.25) is 0 Å². The van der Waals surface area contributed by atoms with Crippen molar-refractivity contribution in [3.63, 3.8) is 0 Å². The van der Waals surface area contributed by atoms with Crippen molar-refractivity contribution in [2.75, 3.05) is 32.8 Å². The van der Waals surface area contributed by atoms with E-state index in [9.17, 15) is 0 Å². The third kappa shape index (κ3) is 3.62. The number of aliphatic hydroxyl groups is 1. The smallest absolute Gasteiger partial charge is 0.110 e. The molecule has 0 amide bonds. The highest BCUT2D eigenvalue weighted by Gasteiger charge is 2.20. The van der Waals surface area contributed by atoms with Gasteiger partial charge >= 0.3 is 0 Å². The Morgan fingerprint density at radius 1 is 1.43 bits per heavy atom. The molecular weight excluding hydrogens is 178 g/mol. The Hall–Kier alpha value is -0.630. The Balaban J connectivity index is 2.17. The van der Waals surface area contributed by atoms with Crippen LogP contribution in [-0.2, 0) is 0 Å². The largest absolute Gasteiger partial charge is 0.396 e. The second-order valence-electron chi connectivity index (χ2n) is 3.67. The monoisotopic (exact) mass is 197 g/mol. The standard InChI is InChI=1S/C10H19N3O/c11-8-10-9-12-4-6-13(10)5-2-1-3-7-14/h10,12,14H,1-7,9H2. The quantitative estimate of drug-likeness (QED) is 0.607. The number of nitrogens with one attached hydrogen (secondary N) is 1. The van der Waals surface area contributed by atoms with Gasteiger partial charge in [0, 0.05) is 26.2 Å². The van der Waals surface area contributed by atoms with E-state index in [1.54, 1.807) is 0 Å². The summed E-state index contributed by atoms with van der Waals surface area (Å²) in [5.41, 5.74) is 0. The summed E-state index contributed by atoms with van der Waals surface area (Å²) < 4.78 is 0. The van der Waals surface area contributed by atoms with Crippen LogP contribution in [0.25, 0.3) is 0 Å². The molecule has 2 N–H and O–H groups in total. The minimum absolute atomic E-state index is 0.0397. The maximum atomic E-state index is 8.89. The van der Waals surface area contributed by atoms with Gasteiger partial charge in [-0.3, -0.25) is 4.90 Å². The summed E-state index contributed by atoms with van der Waals surface area (Å²) in [7, 11) is 0. The molecule has 4 heteroatoms. The van der Waals surface area contributed by atoms with Gasteiger partial charge in [-0.25, -0.2) is 0 Å². The van der Waals surface area contributed by atoms with Crippen molar-refractivity contribution >= 4 is 0 Å². The van der Waals surface area contributed by atoms with Crippen LogP contribution in [0, 0.1) is 11.3 Å². The van der Waals surface area contributed by atoms with Crippen LogP contribution >= 0.6 is 0 Å². The Morgan fingerprint density at radius 3 is 3.00 bits per heavy atom. The molecule has 0 bridgehead atoms. The highest BCUT2D eigenvalue weighted by atomic mass is 16.2. The van der Waals surface area contributed by atoms with Crippen molar-refractivity contribution in [2.24, 2.45) is 0 Å². The number of piperazine rings is 1. The third-order valence-corrected chi connectivity index (χ3v) is 2.61. The van der Waals surface area contributed by atoms with Gasteiger partial charge in [-0.2, -0.15) is 5.26 Å². The summed E-state index contributed by atoms with van der Waals surface area (Å²) in [4.78, 5) is 2.23. The summed E-state index contributed by atoms with van der Waals surface area (Å²) in [6, 6.07) is 2.35. The van der Waals surface area contributed by atoms with Crippen molar-refractivity contribution in [2.45, 2.75) is 25.3 Å². The van der Waals surface area contributed by atoms with E-state index in [-0.39, 0.29) is 12.6 Å². The molecule has 1 atom stereocenters. The van der Waals surface area contributed by atoms with Crippen molar-refractivity contribution in [3.05, 3.63) is 0 Å². The molecule has 1 heterocycles. The summed E-state index contributed by atoms with van der Waals surface area (Å²) in [5.74, 6) is 0. The van der Waals surface area contributed by atoms with Crippen LogP contribution in [-0.4, -0.2) is 48.8 Å². The number of nitriles is 1. The highest BCUT2D eigenvalue weighted by Crippen LogP contribution is 2.05. The normalized spacial score (nSPS) is 23.3. The molecule has 4 nitrogen and oxygen atoms in total. The molecule has 14 heavy (non-hydrogen) atoms. The molecule has 0 aromatic rings. The van der Waals surface area contributed by atoms with Crippen LogP contribution in [0.1, 0.15) is 19.3 Å². The fraction of sp³-hybridized carbons (Fsp3) is 0.900. The second-order valence-corrected chi connectivity index (χ2v) is 3.67. The van der Waals surface area contributed by atoms with E-state index < -0.39 is 0 Å². The summed E-state index contributed by atoms with van der Waals surface area (Å²) in [6.07, 6.45) is 3.01. The molecule has 0 aliphatic carbocycles. The van der Waals surface area contributed by atoms with Crippen LogP contribution < -0.4 is 5.32 Å². The fourth-order valence-corrected chi connectivity index (χ4v) is 1.74. The van der Waals surface area contributed by atoms with Gasteiger partial charge in [0.05, 0.1) is 6.07 Å². The average Bonchev–Trinajstić information content (AvgIpc) is 2.25. The van der Waals surface area contributed by atoms with E-state index >= 15 is 0 Å². The van der Waals surface area contributed by atoms with E-state index in [0.29, 0.717) is 0 Å². The van der Waals surface area contributed by atoms with Gasteiger partial charge in [0.25, 0.3) is 0 Å². The molecule has 1 saturated heterocycles. The Labute approximate surface area is 85.5 Å². The van der Waals surface area contributed by atoms with Gasteiger partial charge < -0.3 is 10.4 Å². The maximum absolute atomic E-state index is 8.89. The zero-order valence-electron chi connectivity index (χ0n) is 8.58. The maximum Gasteiger partial charge on any atom is 0.110 e. The van der Waals surface area contributed by atoms with Crippen LogP contribution in [0.4, 0.5) is 0 Å². The molecule has 0 aromatic heterocycles. The number of unbranched alkanes of at least 4 members (excludes halogenated alkanes) is 2. The van der Waals surface area contributed by atoms with Crippen LogP contribution in [0.15, 0.2) is 0 Å². The lowest BCUT2D eigenvalue weighted by Gasteiger charge is -2.31. The summed E-state index contributed by atoms with van der Waals surface area (Å²) >= 11 is 0. The first-order valence-electron chi connectivity index (χ1n) is 5.33. The molecule has 0 aromatic carbocycles. The van der Waals surface area contributed by atoms with Gasteiger partial charge in [0.15, 0.2) is 0 Å². The Kier molecular flexibility index (Phi) is 5.53. The number of rotatable bonds is 5. The number of nitrogens with zero attached hydrogens (tertiary/aromatic N) is 2. The van der Waals surface area contributed by atoms with Crippen molar-refractivity contribution in [1.29, 1.82) is 5.26 Å². The lowest BCUT2D eigenvalue weighted by atomic mass is 10.1. The minimum Gasteiger partial charge on any atom is -0.396 e. The van der Waals surface area contributed by atoms with E-state index in [0.717, 1.165) is 45.4 Å². The fourth-order valence-electron chi connectivity index (χ4n) is 1.74. The van der Waals surface area contributed by atoms with Crippen molar-refractivity contribution < 1.29 is 5.11 Å². The van der Waals surface area contributed by atoms with E-state index in [2.05, 4.69) is 16.3 Å². The lowest BCUT2D eigenvalue weighted by molar-refractivity contribution is 0.191. The van der Waals surface area contributed by atoms with Gasteiger partial charge in [0.1, 0.15) is 6.04 Å². The SMILES string of the molecule is N#CC1CNCCN1CCCCCO. The minimum atomic E-state index is 0.0397. The number of hydrogen-bond donors (Lipinski definition) is 2. The van der Waals surface area contributed by atoms with Crippen LogP contribution in [0.5, 0.6) is 0 Å². The first kappa shape index (κ1) is 11.4. The molecular formula is C10H19N3O. The zero-order valence-corrected chi connectivity index (χ0v) is 8.58. The molecule has 1 aliphatic heterocycles. The summed E-state index contributed by atoms with van der Waals surface area (Å²) in [6.45, 7) is 4.01. The second kappa shape index (κ2) is 6.77. The van der Waals surface area contributed by atoms with E-state index in [1.165, 1.54) is 0 Å². The average molecular weight is 197 g/mol. The molecule has 1 fully saturated rings. The van der Waals surface area contributed by atoms with Crippen molar-refractivity contribution in [1.82, 2.24) is 10.2 Å². The predicted octanol–water partition coefficient (Wildman–Crippen LogP) is -0.0536. The van der Waals surface area contributed by atoms with Crippen LogP contribution in [0.3, 0.4) is 0 Å². The molecule has 1 unspecified atom stereocenters. The van der Waals surface area contributed by atoms with E-state index in [4.69, 9.17) is 10.4 Å². The molecule has 80 valence electrons. The topological polar surface area (TPSA) is 59.3 Å². The molecule has 1 rings (SSSR count). The van der Waals surface area contributed by atoms with Gasteiger partial charge in [-0.15, -0.1) is 0 Å². The predicted molar refractivity (Wildman–Crippen MR) is 54.8 cm³/mol. The Morgan fingerprint density at radius 2 is 2.29 bits per heavy atom. The van der Waals surface area contributed by atoms with Gasteiger partial charge in [-0.05, 0) is 25.8 Å². The molecule has 1 aliphatic rings. The zero-order chi connectivity index (χ0) is 10.2. The molecule has 0 radical (unpaired) electrons. The molecule has 0 saturated carbocycles. The first-order valence-corrected chi connectivity index (χ1v) is 5.33. The highest BCUT2D eigenvalue weighted by molar-refractivity contribution is 4.95. The first-order chi connectivity index (χ1) is 6.88. The Bertz CT molecular complexity index is 190. The lowest BCUT2D eigenvalue weighted by Crippen LogP contribution is -2.50.